The van der Waals surface area contributed by atoms with Gasteiger partial charge in [0.25, 0.3) is 5.56 Å². The molecule has 1 aliphatic rings. The maximum Gasteiger partial charge on any atom is 0.297 e. The molecule has 2 heterocycles. The van der Waals surface area contributed by atoms with Crippen LogP contribution in [-0.2, 0) is 11.3 Å². The highest BCUT2D eigenvalue weighted by Gasteiger charge is 2.24. The number of nitrogens with two attached hydrogens (primary N) is 1. The summed E-state index contributed by atoms with van der Waals surface area (Å²) in [7, 11) is 0. The Labute approximate surface area is 156 Å². The molecule has 4 rings (SSSR count). The molecule has 1 atom stereocenters. The summed E-state index contributed by atoms with van der Waals surface area (Å²) in [6.45, 7) is 0.314. The van der Waals surface area contributed by atoms with Crippen molar-refractivity contribution in [1.82, 2.24) is 14.9 Å². The number of hydrogen-bond acceptors (Lipinski definition) is 5. The predicted octanol–water partition coefficient (Wildman–Crippen LogP) is 2.17. The van der Waals surface area contributed by atoms with Gasteiger partial charge in [0.1, 0.15) is 17.6 Å². The van der Waals surface area contributed by atoms with Crippen LogP contribution in [0.15, 0.2) is 39.8 Å². The molecule has 1 aromatic carbocycles. The topological polar surface area (TPSA) is 103 Å². The lowest BCUT2D eigenvalue weighted by atomic mass is 9.84. The first-order chi connectivity index (χ1) is 13.2. The maximum atomic E-state index is 12.7. The van der Waals surface area contributed by atoms with E-state index in [4.69, 9.17) is 10.2 Å². The van der Waals surface area contributed by atoms with Crippen molar-refractivity contribution in [1.29, 1.82) is 0 Å². The summed E-state index contributed by atoms with van der Waals surface area (Å²) in [5.41, 5.74) is 6.84. The second-order valence-electron chi connectivity index (χ2n) is 7.26. The van der Waals surface area contributed by atoms with Crippen LogP contribution < -0.4 is 16.6 Å². The molecule has 1 fully saturated rings. The van der Waals surface area contributed by atoms with Gasteiger partial charge in [0, 0.05) is 18.0 Å². The van der Waals surface area contributed by atoms with E-state index in [0.717, 1.165) is 18.2 Å². The van der Waals surface area contributed by atoms with Crippen LogP contribution in [0.4, 0.5) is 0 Å². The van der Waals surface area contributed by atoms with Crippen LogP contribution in [0.5, 0.6) is 0 Å². The van der Waals surface area contributed by atoms with Crippen LogP contribution in [0.3, 0.4) is 0 Å². The van der Waals surface area contributed by atoms with Gasteiger partial charge in [-0.25, -0.2) is 4.98 Å². The Morgan fingerprint density at radius 1 is 1.30 bits per heavy atom. The number of hydrogen-bond donors (Lipinski definition) is 2. The molecule has 3 aromatic rings. The number of carbonyl (C=O) groups excluding carboxylic acids is 1. The molecule has 2 aromatic heterocycles. The number of fused-ring (bicyclic) bond motifs is 3. The quantitative estimate of drug-likeness (QED) is 0.718. The highest BCUT2D eigenvalue weighted by molar-refractivity contribution is 6.01. The summed E-state index contributed by atoms with van der Waals surface area (Å²) in [5.74, 6) is 0.191. The molecule has 0 bridgehead atoms. The van der Waals surface area contributed by atoms with E-state index in [0.29, 0.717) is 23.6 Å². The van der Waals surface area contributed by atoms with Crippen molar-refractivity contribution < 1.29 is 9.21 Å². The van der Waals surface area contributed by atoms with Gasteiger partial charge in [-0.1, -0.05) is 31.4 Å². The SMILES string of the molecule is NCC(NC(=O)Cn1cnc2c(oc3ccccc32)c1=O)C1CCCCC1. The van der Waals surface area contributed by atoms with Crippen molar-refractivity contribution in [2.45, 2.75) is 44.7 Å². The van der Waals surface area contributed by atoms with Crippen molar-refractivity contribution in [3.63, 3.8) is 0 Å². The van der Waals surface area contributed by atoms with Crippen LogP contribution >= 0.6 is 0 Å². The molecule has 0 aliphatic heterocycles. The van der Waals surface area contributed by atoms with Gasteiger partial charge in [0.2, 0.25) is 11.5 Å². The van der Waals surface area contributed by atoms with E-state index in [2.05, 4.69) is 10.3 Å². The Balaban J connectivity index is 1.54. The van der Waals surface area contributed by atoms with E-state index in [1.807, 2.05) is 18.2 Å². The average Bonchev–Trinajstić information content (AvgIpc) is 3.08. The minimum absolute atomic E-state index is 0.0450. The van der Waals surface area contributed by atoms with Gasteiger partial charge in [0.15, 0.2) is 0 Å². The number of benzene rings is 1. The third-order valence-corrected chi connectivity index (χ3v) is 5.48. The number of amides is 1. The maximum absolute atomic E-state index is 12.7. The number of nitrogens with one attached hydrogen (secondary N) is 1. The predicted molar refractivity (Wildman–Crippen MR) is 103 cm³/mol. The Bertz CT molecular complexity index is 1020. The van der Waals surface area contributed by atoms with Crippen molar-refractivity contribution in [2.24, 2.45) is 11.7 Å². The van der Waals surface area contributed by atoms with Gasteiger partial charge in [-0.2, -0.15) is 0 Å². The van der Waals surface area contributed by atoms with Crippen LogP contribution in [0, 0.1) is 5.92 Å². The van der Waals surface area contributed by atoms with Gasteiger partial charge >= 0.3 is 0 Å². The van der Waals surface area contributed by atoms with Gasteiger partial charge in [0.05, 0.1) is 6.33 Å². The minimum atomic E-state index is -0.353. The normalized spacial score (nSPS) is 16.6. The molecule has 142 valence electrons. The zero-order valence-electron chi connectivity index (χ0n) is 15.2. The third kappa shape index (κ3) is 3.47. The molecule has 0 spiro atoms. The lowest BCUT2D eigenvalue weighted by molar-refractivity contribution is -0.122. The number of para-hydroxylation sites is 1. The van der Waals surface area contributed by atoms with Crippen LogP contribution in [0.2, 0.25) is 0 Å². The van der Waals surface area contributed by atoms with E-state index in [1.54, 1.807) is 6.07 Å². The second-order valence-corrected chi connectivity index (χ2v) is 7.26. The third-order valence-electron chi connectivity index (χ3n) is 5.48. The van der Waals surface area contributed by atoms with Gasteiger partial charge in [-0.3, -0.25) is 14.2 Å². The molecular weight excluding hydrogens is 344 g/mol. The molecule has 1 saturated carbocycles. The smallest absolute Gasteiger partial charge is 0.297 e. The molecule has 1 unspecified atom stereocenters. The molecule has 0 radical (unpaired) electrons. The Morgan fingerprint density at radius 2 is 2.07 bits per heavy atom. The fourth-order valence-corrected chi connectivity index (χ4v) is 4.04. The monoisotopic (exact) mass is 368 g/mol. The molecule has 0 saturated heterocycles. The van der Waals surface area contributed by atoms with Crippen molar-refractivity contribution in [3.05, 3.63) is 40.9 Å². The van der Waals surface area contributed by atoms with Crippen LogP contribution in [0.1, 0.15) is 32.1 Å². The minimum Gasteiger partial charge on any atom is -0.448 e. The molecular formula is C20H24N4O3. The summed E-state index contributed by atoms with van der Waals surface area (Å²) in [6, 6.07) is 7.33. The van der Waals surface area contributed by atoms with Crippen molar-refractivity contribution in [3.8, 4) is 0 Å². The zero-order valence-corrected chi connectivity index (χ0v) is 15.2. The Kier molecular flexibility index (Phi) is 4.94. The standard InChI is InChI=1S/C20H24N4O3/c21-10-15(13-6-2-1-3-7-13)23-17(25)11-24-12-22-18-14-8-4-5-9-16(14)27-19(18)20(24)26/h4-5,8-9,12-13,15H,1-3,6-7,10-11,21H2,(H,23,25). The summed E-state index contributed by atoms with van der Waals surface area (Å²) >= 11 is 0. The van der Waals surface area contributed by atoms with Gasteiger partial charge in [-0.05, 0) is 30.9 Å². The number of nitrogens with zero attached hydrogens (tertiary/aromatic N) is 2. The highest BCUT2D eigenvalue weighted by atomic mass is 16.3. The van der Waals surface area contributed by atoms with Gasteiger partial charge in [-0.15, -0.1) is 0 Å². The Hall–Kier alpha value is -2.67. The fourth-order valence-electron chi connectivity index (χ4n) is 4.04. The second kappa shape index (κ2) is 7.52. The van der Waals surface area contributed by atoms with Crippen LogP contribution in [-0.4, -0.2) is 28.0 Å². The lowest BCUT2D eigenvalue weighted by Gasteiger charge is -2.30. The summed E-state index contributed by atoms with van der Waals surface area (Å²) < 4.78 is 6.94. The molecule has 27 heavy (non-hydrogen) atoms. The molecule has 7 nitrogen and oxygen atoms in total. The first-order valence-corrected chi connectivity index (χ1v) is 9.53. The summed E-state index contributed by atoms with van der Waals surface area (Å²) in [6.07, 6.45) is 7.21. The lowest BCUT2D eigenvalue weighted by Crippen LogP contribution is -2.47. The number of rotatable bonds is 5. The first kappa shape index (κ1) is 17.7. The number of aromatic nitrogens is 2. The number of carbonyl (C=O) groups is 1. The zero-order chi connectivity index (χ0) is 18.8. The molecule has 3 N–H and O–H groups in total. The van der Waals surface area contributed by atoms with E-state index in [1.165, 1.54) is 30.2 Å². The highest BCUT2D eigenvalue weighted by Crippen LogP contribution is 2.26. The van der Waals surface area contributed by atoms with E-state index in [9.17, 15) is 9.59 Å². The van der Waals surface area contributed by atoms with Crippen LogP contribution in [0.25, 0.3) is 22.1 Å². The Morgan fingerprint density at radius 3 is 2.85 bits per heavy atom. The largest absolute Gasteiger partial charge is 0.448 e. The first-order valence-electron chi connectivity index (χ1n) is 9.53. The molecule has 1 aliphatic carbocycles. The van der Waals surface area contributed by atoms with E-state index < -0.39 is 0 Å². The summed E-state index contributed by atoms with van der Waals surface area (Å²) in [4.78, 5) is 29.6. The van der Waals surface area contributed by atoms with Crippen molar-refractivity contribution >= 4 is 28.0 Å². The van der Waals surface area contributed by atoms with Gasteiger partial charge < -0.3 is 15.5 Å². The molecule has 7 heteroatoms. The van der Waals surface area contributed by atoms with Crippen molar-refractivity contribution in [2.75, 3.05) is 6.54 Å². The van der Waals surface area contributed by atoms with E-state index >= 15 is 0 Å². The fraction of sp³-hybridized carbons (Fsp3) is 0.450. The van der Waals surface area contributed by atoms with E-state index in [-0.39, 0.29) is 29.6 Å². The molecule has 1 amide bonds. The average molecular weight is 368 g/mol. The number of furan rings is 1. The summed E-state index contributed by atoms with van der Waals surface area (Å²) in [5, 5.41) is 3.80.